The van der Waals surface area contributed by atoms with E-state index in [9.17, 15) is 13.2 Å². The fourth-order valence-electron chi connectivity index (χ4n) is 2.74. The van der Waals surface area contributed by atoms with Crippen LogP contribution in [0.3, 0.4) is 0 Å². The van der Waals surface area contributed by atoms with E-state index in [1.54, 1.807) is 6.07 Å². The Bertz CT molecular complexity index is 1100. The van der Waals surface area contributed by atoms with Crippen LogP contribution in [0.4, 0.5) is 5.69 Å². The largest absolute Gasteiger partial charge is 0.322 e. The van der Waals surface area contributed by atoms with Gasteiger partial charge in [-0.25, -0.2) is 13.4 Å². The van der Waals surface area contributed by atoms with Crippen LogP contribution in [-0.2, 0) is 9.84 Å². The molecule has 0 atom stereocenters. The smallest absolute Gasteiger partial charge is 0.255 e. The lowest BCUT2D eigenvalue weighted by Crippen LogP contribution is -2.12. The van der Waals surface area contributed by atoms with E-state index in [2.05, 4.69) is 20.5 Å². The fourth-order valence-corrected chi connectivity index (χ4v) is 3.37. The maximum absolute atomic E-state index is 12.4. The third-order valence-electron chi connectivity index (χ3n) is 4.39. The Morgan fingerprint density at radius 3 is 2.56 bits per heavy atom. The first-order chi connectivity index (χ1) is 12.9. The number of amides is 1. The molecule has 2 N–H and O–H groups in total. The third-order valence-corrected chi connectivity index (χ3v) is 5.52. The number of H-pyrrole nitrogens is 1. The molecule has 0 spiro atoms. The molecule has 3 aromatic rings. The molecule has 0 aliphatic heterocycles. The maximum atomic E-state index is 12.4. The second-order valence-corrected chi connectivity index (χ2v) is 8.67. The molecule has 7 nitrogen and oxygen atoms in total. The van der Waals surface area contributed by atoms with Crippen LogP contribution < -0.4 is 5.32 Å². The van der Waals surface area contributed by atoms with Crippen molar-refractivity contribution in [2.24, 2.45) is 0 Å². The van der Waals surface area contributed by atoms with Crippen molar-refractivity contribution in [2.45, 2.75) is 23.7 Å². The van der Waals surface area contributed by atoms with Gasteiger partial charge in [0.05, 0.1) is 4.90 Å². The lowest BCUT2D eigenvalue weighted by molar-refractivity contribution is 0.102. The quantitative estimate of drug-likeness (QED) is 0.706. The lowest BCUT2D eigenvalue weighted by Gasteiger charge is -2.07. The van der Waals surface area contributed by atoms with Gasteiger partial charge in [-0.1, -0.05) is 12.1 Å². The van der Waals surface area contributed by atoms with Crippen molar-refractivity contribution >= 4 is 21.4 Å². The van der Waals surface area contributed by atoms with E-state index in [-0.39, 0.29) is 10.8 Å². The number of hydrogen-bond donors (Lipinski definition) is 2. The molecule has 4 rings (SSSR count). The molecule has 0 bridgehead atoms. The molecule has 0 radical (unpaired) electrons. The summed E-state index contributed by atoms with van der Waals surface area (Å²) in [7, 11) is -3.29. The van der Waals surface area contributed by atoms with Gasteiger partial charge in [0.25, 0.3) is 5.91 Å². The molecule has 0 saturated heterocycles. The van der Waals surface area contributed by atoms with Crippen LogP contribution in [0, 0.1) is 0 Å². The van der Waals surface area contributed by atoms with Crippen molar-refractivity contribution in [3.8, 4) is 11.4 Å². The molecule has 2 aromatic carbocycles. The first-order valence-electron chi connectivity index (χ1n) is 8.54. The molecule has 1 heterocycles. The van der Waals surface area contributed by atoms with Crippen LogP contribution in [0.25, 0.3) is 11.4 Å². The van der Waals surface area contributed by atoms with Crippen LogP contribution in [-0.4, -0.2) is 35.8 Å². The van der Waals surface area contributed by atoms with E-state index in [1.165, 1.54) is 24.3 Å². The van der Waals surface area contributed by atoms with Gasteiger partial charge in [-0.2, -0.15) is 5.10 Å². The predicted molar refractivity (Wildman–Crippen MR) is 101 cm³/mol. The van der Waals surface area contributed by atoms with E-state index < -0.39 is 9.84 Å². The zero-order valence-corrected chi connectivity index (χ0v) is 15.5. The molecule has 1 aliphatic carbocycles. The number of nitrogens with one attached hydrogen (secondary N) is 2. The average molecular weight is 382 g/mol. The third kappa shape index (κ3) is 3.90. The molecule has 1 aromatic heterocycles. The minimum atomic E-state index is -3.29. The van der Waals surface area contributed by atoms with Crippen LogP contribution in [0.5, 0.6) is 0 Å². The zero-order valence-electron chi connectivity index (χ0n) is 14.6. The topological polar surface area (TPSA) is 105 Å². The Morgan fingerprint density at radius 2 is 1.89 bits per heavy atom. The molecule has 1 amide bonds. The van der Waals surface area contributed by atoms with E-state index >= 15 is 0 Å². The minimum absolute atomic E-state index is 0.178. The summed E-state index contributed by atoms with van der Waals surface area (Å²) in [5.41, 5.74) is 1.80. The van der Waals surface area contributed by atoms with Crippen molar-refractivity contribution in [2.75, 3.05) is 11.6 Å². The first kappa shape index (κ1) is 17.4. The number of hydrogen-bond acceptors (Lipinski definition) is 5. The van der Waals surface area contributed by atoms with Gasteiger partial charge in [0.2, 0.25) is 0 Å². The monoisotopic (exact) mass is 382 g/mol. The number of carbonyl (C=O) groups is 1. The lowest BCUT2D eigenvalue weighted by atomic mass is 10.1. The summed E-state index contributed by atoms with van der Waals surface area (Å²) in [6, 6.07) is 13.1. The summed E-state index contributed by atoms with van der Waals surface area (Å²) in [5.74, 6) is 1.68. The van der Waals surface area contributed by atoms with E-state index in [1.807, 2.05) is 18.2 Å². The second kappa shape index (κ2) is 6.62. The molecule has 1 aliphatic rings. The van der Waals surface area contributed by atoms with Gasteiger partial charge in [-0.3, -0.25) is 9.89 Å². The number of aromatic nitrogens is 3. The van der Waals surface area contributed by atoms with Gasteiger partial charge in [0, 0.05) is 29.0 Å². The van der Waals surface area contributed by atoms with Crippen LogP contribution in [0.2, 0.25) is 0 Å². The maximum Gasteiger partial charge on any atom is 0.255 e. The predicted octanol–water partition coefficient (Wildman–Crippen LogP) is 3.00. The van der Waals surface area contributed by atoms with Crippen LogP contribution in [0.1, 0.15) is 34.9 Å². The molecule has 138 valence electrons. The fraction of sp³-hybridized carbons (Fsp3) is 0.211. The zero-order chi connectivity index (χ0) is 19.0. The summed E-state index contributed by atoms with van der Waals surface area (Å²) in [5, 5.41) is 10.0. The van der Waals surface area contributed by atoms with Gasteiger partial charge < -0.3 is 5.32 Å². The Labute approximate surface area is 156 Å². The normalized spacial score (nSPS) is 14.1. The van der Waals surface area contributed by atoms with Gasteiger partial charge >= 0.3 is 0 Å². The molecule has 1 fully saturated rings. The first-order valence-corrected chi connectivity index (χ1v) is 10.4. The van der Waals surface area contributed by atoms with E-state index in [0.29, 0.717) is 23.0 Å². The summed E-state index contributed by atoms with van der Waals surface area (Å²) in [6.07, 6.45) is 3.41. The molecular formula is C19H18N4O3S. The highest BCUT2D eigenvalue weighted by molar-refractivity contribution is 7.90. The number of anilines is 1. The number of carbonyl (C=O) groups excluding carboxylic acids is 1. The Balaban J connectivity index is 1.51. The number of benzene rings is 2. The van der Waals surface area contributed by atoms with Crippen LogP contribution >= 0.6 is 0 Å². The van der Waals surface area contributed by atoms with Crippen molar-refractivity contribution < 1.29 is 13.2 Å². The molecule has 1 saturated carbocycles. The van der Waals surface area contributed by atoms with Gasteiger partial charge in [0.15, 0.2) is 15.7 Å². The average Bonchev–Trinajstić information content (AvgIpc) is 3.38. The molecule has 0 unspecified atom stereocenters. The number of nitrogens with zero attached hydrogens (tertiary/aromatic N) is 2. The number of sulfone groups is 1. The highest BCUT2D eigenvalue weighted by Gasteiger charge is 2.27. The van der Waals surface area contributed by atoms with Gasteiger partial charge in [-0.05, 0) is 49.2 Å². The van der Waals surface area contributed by atoms with Crippen molar-refractivity contribution in [3.05, 3.63) is 59.9 Å². The number of rotatable bonds is 5. The highest BCUT2D eigenvalue weighted by Crippen LogP contribution is 2.38. The Hall–Kier alpha value is -3.00. The SMILES string of the molecule is CS(=O)(=O)c1ccc(C(=O)Nc2cccc(-c3n[nH]c(C4CC4)n3)c2)cc1. The second-order valence-electron chi connectivity index (χ2n) is 6.65. The van der Waals surface area contributed by atoms with Crippen molar-refractivity contribution in [1.82, 2.24) is 15.2 Å². The summed E-state index contributed by atoms with van der Waals surface area (Å²) in [4.78, 5) is 17.1. The molecular weight excluding hydrogens is 364 g/mol. The number of aromatic amines is 1. The summed E-state index contributed by atoms with van der Waals surface area (Å²) in [6.45, 7) is 0. The van der Waals surface area contributed by atoms with Crippen molar-refractivity contribution in [1.29, 1.82) is 0 Å². The Kier molecular flexibility index (Phi) is 4.27. The van der Waals surface area contributed by atoms with Crippen LogP contribution in [0.15, 0.2) is 53.4 Å². The summed E-state index contributed by atoms with van der Waals surface area (Å²) >= 11 is 0. The summed E-state index contributed by atoms with van der Waals surface area (Å²) < 4.78 is 23.0. The minimum Gasteiger partial charge on any atom is -0.322 e. The van der Waals surface area contributed by atoms with E-state index in [0.717, 1.165) is 30.5 Å². The van der Waals surface area contributed by atoms with Crippen molar-refractivity contribution in [3.63, 3.8) is 0 Å². The van der Waals surface area contributed by atoms with Gasteiger partial charge in [0.1, 0.15) is 5.82 Å². The standard InChI is InChI=1S/C19H18N4O3S/c1-27(25,26)16-9-7-13(8-10-16)19(24)20-15-4-2-3-14(11-15)18-21-17(22-23-18)12-5-6-12/h2-4,7-12H,5-6H2,1H3,(H,20,24)(H,21,22,23). The highest BCUT2D eigenvalue weighted by atomic mass is 32.2. The molecule has 27 heavy (non-hydrogen) atoms. The molecule has 8 heteroatoms. The van der Waals surface area contributed by atoms with Gasteiger partial charge in [-0.15, -0.1) is 0 Å². The Morgan fingerprint density at radius 1 is 1.15 bits per heavy atom. The van der Waals surface area contributed by atoms with E-state index in [4.69, 9.17) is 0 Å².